The van der Waals surface area contributed by atoms with E-state index in [0.29, 0.717) is 18.6 Å². The Labute approximate surface area is 277 Å². The molecule has 0 saturated carbocycles. The van der Waals surface area contributed by atoms with Gasteiger partial charge in [-0.3, -0.25) is 4.79 Å². The largest absolute Gasteiger partial charge is 0.427 e. The van der Waals surface area contributed by atoms with Crippen LogP contribution in [0.3, 0.4) is 0 Å². The summed E-state index contributed by atoms with van der Waals surface area (Å²) < 4.78 is 5.90. The van der Waals surface area contributed by atoms with E-state index in [4.69, 9.17) is 4.74 Å². The zero-order valence-corrected chi connectivity index (χ0v) is 26.7. The van der Waals surface area contributed by atoms with Crippen LogP contribution >= 0.6 is 0 Å². The number of para-hydroxylation sites is 1. The Morgan fingerprint density at radius 1 is 0.511 bits per heavy atom. The van der Waals surface area contributed by atoms with Crippen molar-refractivity contribution in [3.05, 3.63) is 186 Å². The average Bonchev–Trinajstić information content (AvgIpc) is 3.59. The second-order valence-electron chi connectivity index (χ2n) is 13.1. The van der Waals surface area contributed by atoms with Crippen LogP contribution < -0.4 is 4.74 Å². The number of hydrogen-bond donors (Lipinski definition) is 0. The molecule has 1 atom stereocenters. The fourth-order valence-corrected chi connectivity index (χ4v) is 9.00. The Balaban J connectivity index is 1.33. The first kappa shape index (κ1) is 29.2. The molecule has 47 heavy (non-hydrogen) atoms. The van der Waals surface area contributed by atoms with Crippen molar-refractivity contribution >= 4 is 5.97 Å². The highest BCUT2D eigenvalue weighted by molar-refractivity contribution is 5.85. The van der Waals surface area contributed by atoms with Crippen molar-refractivity contribution in [1.29, 1.82) is 0 Å². The summed E-state index contributed by atoms with van der Waals surface area (Å²) in [7, 11) is 0. The van der Waals surface area contributed by atoms with Crippen molar-refractivity contribution in [3.8, 4) is 28.0 Å². The van der Waals surface area contributed by atoms with Crippen LogP contribution in [-0.2, 0) is 22.0 Å². The number of aryl methyl sites for hydroxylation is 1. The first-order valence-corrected chi connectivity index (χ1v) is 16.8. The van der Waals surface area contributed by atoms with Gasteiger partial charge in [-0.05, 0) is 87.4 Å². The minimum absolute atomic E-state index is 0.0952. The first-order chi connectivity index (χ1) is 23.1. The van der Waals surface area contributed by atoms with Gasteiger partial charge >= 0.3 is 5.97 Å². The van der Waals surface area contributed by atoms with Gasteiger partial charge < -0.3 is 4.74 Å². The zero-order chi connectivity index (χ0) is 31.8. The predicted molar refractivity (Wildman–Crippen MR) is 191 cm³/mol. The normalized spacial score (nSPS) is 15.2. The minimum atomic E-state index is -0.440. The summed E-state index contributed by atoms with van der Waals surface area (Å²) in [6.07, 6.45) is 2.85. The molecule has 0 saturated heterocycles. The second-order valence-corrected chi connectivity index (χ2v) is 13.1. The zero-order valence-electron chi connectivity index (χ0n) is 26.7. The van der Waals surface area contributed by atoms with Crippen LogP contribution in [0.2, 0.25) is 0 Å². The lowest BCUT2D eigenvalue weighted by Crippen LogP contribution is -2.47. The molecule has 0 radical (unpaired) electrons. The molecule has 2 heteroatoms. The van der Waals surface area contributed by atoms with Crippen molar-refractivity contribution in [3.63, 3.8) is 0 Å². The van der Waals surface area contributed by atoms with E-state index in [1.54, 1.807) is 0 Å². The highest BCUT2D eigenvalue weighted by atomic mass is 16.5. The number of rotatable bonds is 9. The smallest absolute Gasteiger partial charge is 0.311 e. The fraction of sp³-hybridized carbons (Fsp3) is 0.178. The summed E-state index contributed by atoms with van der Waals surface area (Å²) in [6, 6.07) is 56.2. The molecule has 0 bridgehead atoms. The molecule has 0 spiro atoms. The maximum atomic E-state index is 13.6. The third-order valence-corrected chi connectivity index (χ3v) is 11.0. The van der Waals surface area contributed by atoms with Gasteiger partial charge in [0.15, 0.2) is 0 Å². The van der Waals surface area contributed by atoms with E-state index in [-0.39, 0.29) is 17.3 Å². The van der Waals surface area contributed by atoms with E-state index in [0.717, 1.165) is 12.8 Å². The van der Waals surface area contributed by atoms with Gasteiger partial charge in [-0.25, -0.2) is 0 Å². The van der Waals surface area contributed by atoms with Gasteiger partial charge in [0.1, 0.15) is 5.75 Å². The van der Waals surface area contributed by atoms with Gasteiger partial charge in [-0.2, -0.15) is 0 Å². The highest BCUT2D eigenvalue weighted by Gasteiger charge is 2.57. The van der Waals surface area contributed by atoms with Crippen LogP contribution in [0.4, 0.5) is 0 Å². The maximum absolute atomic E-state index is 13.6. The third kappa shape index (κ3) is 4.66. The first-order valence-electron chi connectivity index (χ1n) is 16.8. The molecular weight excluding hydrogens is 572 g/mol. The van der Waals surface area contributed by atoms with E-state index < -0.39 is 5.41 Å². The molecule has 2 aliphatic carbocycles. The molecule has 2 aliphatic rings. The third-order valence-electron chi connectivity index (χ3n) is 11.0. The van der Waals surface area contributed by atoms with E-state index in [1.165, 1.54) is 50.1 Å². The molecule has 0 N–H and O–H groups in total. The molecule has 8 rings (SSSR count). The van der Waals surface area contributed by atoms with E-state index >= 15 is 0 Å². The number of hydrogen-bond acceptors (Lipinski definition) is 2. The summed E-state index contributed by atoms with van der Waals surface area (Å²) in [6.45, 7) is 2.46. The van der Waals surface area contributed by atoms with E-state index in [1.807, 2.05) is 30.3 Å². The monoisotopic (exact) mass is 610 g/mol. The van der Waals surface area contributed by atoms with E-state index in [9.17, 15) is 4.79 Å². The topological polar surface area (TPSA) is 26.3 Å². The number of benzene rings is 6. The Kier molecular flexibility index (Phi) is 7.37. The van der Waals surface area contributed by atoms with Crippen molar-refractivity contribution in [2.24, 2.45) is 5.92 Å². The molecule has 0 heterocycles. The van der Waals surface area contributed by atoms with Crippen molar-refractivity contribution in [2.75, 3.05) is 0 Å². The number of carbonyl (C=O) groups excluding carboxylic acids is 1. The van der Waals surface area contributed by atoms with Gasteiger partial charge in [-0.15, -0.1) is 0 Å². The summed E-state index contributed by atoms with van der Waals surface area (Å²) >= 11 is 0. The van der Waals surface area contributed by atoms with Crippen LogP contribution in [0.25, 0.3) is 22.3 Å². The molecule has 0 aliphatic heterocycles. The van der Waals surface area contributed by atoms with Crippen LogP contribution in [-0.4, -0.2) is 5.97 Å². The molecule has 0 amide bonds. The van der Waals surface area contributed by atoms with Gasteiger partial charge in [-0.1, -0.05) is 153 Å². The number of esters is 1. The summed E-state index contributed by atoms with van der Waals surface area (Å²) in [5.74, 6) is 0.484. The maximum Gasteiger partial charge on any atom is 0.311 e. The Morgan fingerprint density at radius 3 is 1.36 bits per heavy atom. The predicted octanol–water partition coefficient (Wildman–Crippen LogP) is 10.6. The Hall–Kier alpha value is -5.21. The van der Waals surface area contributed by atoms with Crippen LogP contribution in [0.5, 0.6) is 5.75 Å². The second kappa shape index (κ2) is 11.9. The van der Waals surface area contributed by atoms with Crippen LogP contribution in [0, 0.1) is 5.92 Å². The summed E-state index contributed by atoms with van der Waals surface area (Å²) in [5, 5.41) is 0. The van der Waals surface area contributed by atoms with Gasteiger partial charge in [0, 0.05) is 17.3 Å². The quantitative estimate of drug-likeness (QED) is 0.120. The van der Waals surface area contributed by atoms with Crippen LogP contribution in [0.1, 0.15) is 54.0 Å². The standard InChI is InChI=1S/C45H38O2/c1-32(44(30-28-33-16-4-2-5-17-33)39-24-12-8-20-35(39)36-21-9-13-25-40(36)44)45(31-29-43(46)47-34-18-6-3-7-19-34)41-26-14-10-22-37(41)38-23-11-15-27-42(38)45/h2-27,32H,28-31H2,1H3. The molecule has 2 nitrogen and oxygen atoms in total. The lowest BCUT2D eigenvalue weighted by atomic mass is 9.53. The lowest BCUT2D eigenvalue weighted by molar-refractivity contribution is -0.134. The van der Waals surface area contributed by atoms with Gasteiger partial charge in [0.25, 0.3) is 0 Å². The Bertz CT molecular complexity index is 1970. The molecule has 0 aromatic heterocycles. The molecule has 6 aromatic carbocycles. The highest BCUT2D eigenvalue weighted by Crippen LogP contribution is 2.64. The van der Waals surface area contributed by atoms with Crippen LogP contribution in [0.15, 0.2) is 158 Å². The number of ether oxygens (including phenoxy) is 1. The lowest BCUT2D eigenvalue weighted by Gasteiger charge is -2.49. The van der Waals surface area contributed by atoms with Gasteiger partial charge in [0.05, 0.1) is 0 Å². The number of fused-ring (bicyclic) bond motifs is 6. The molecular formula is C45H38O2. The molecule has 1 unspecified atom stereocenters. The minimum Gasteiger partial charge on any atom is -0.427 e. The van der Waals surface area contributed by atoms with Gasteiger partial charge in [0.2, 0.25) is 0 Å². The van der Waals surface area contributed by atoms with Crippen molar-refractivity contribution < 1.29 is 9.53 Å². The molecule has 6 aromatic rings. The number of carbonyl (C=O) groups is 1. The van der Waals surface area contributed by atoms with E-state index in [2.05, 4.69) is 134 Å². The molecule has 0 fully saturated rings. The van der Waals surface area contributed by atoms with Crippen molar-refractivity contribution in [1.82, 2.24) is 0 Å². The summed E-state index contributed by atoms with van der Waals surface area (Å²) in [4.78, 5) is 13.6. The summed E-state index contributed by atoms with van der Waals surface area (Å²) in [5.41, 5.74) is 11.2. The molecule has 230 valence electrons. The Morgan fingerprint density at radius 2 is 0.894 bits per heavy atom. The average molecular weight is 611 g/mol. The SMILES string of the molecule is CC(C1(CCC(=O)Oc2ccccc2)c2ccccc2-c2ccccc21)C1(CCc2ccccc2)c2ccccc2-c2ccccc21. The van der Waals surface area contributed by atoms with Crippen molar-refractivity contribution in [2.45, 2.75) is 43.4 Å². The fourth-order valence-electron chi connectivity index (χ4n) is 9.00.